The normalized spacial score (nSPS) is 11.2. The molecule has 75 heavy (non-hydrogen) atoms. The SMILES string of the molecule is N#Cc1cc(-c2cc(-c3ccccc3)nc(-c3ccccc3)n2)c(-n2c3ccccc3c3ccc(-c4nc(-c5ccccc5)nc(-c5ccccc5)n4)cc32)c(-c2cc(-c3ccccc3)nc(-c3ccccc3)n2)c1. The van der Waals surface area contributed by atoms with Crippen LogP contribution < -0.4 is 0 Å². The average molecular weight is 960 g/mol. The number of hydrogen-bond donors (Lipinski definition) is 0. The summed E-state index contributed by atoms with van der Waals surface area (Å²) in [4.78, 5) is 36.6. The fourth-order valence-electron chi connectivity index (χ4n) is 9.74. The van der Waals surface area contributed by atoms with Crippen LogP contribution >= 0.6 is 0 Å². The number of fused-ring (bicyclic) bond motifs is 3. The first kappa shape index (κ1) is 44.4. The third-order valence-corrected chi connectivity index (χ3v) is 13.3. The minimum Gasteiger partial charge on any atom is -0.308 e. The quantitative estimate of drug-likeness (QED) is 0.133. The van der Waals surface area contributed by atoms with Gasteiger partial charge in [0, 0.05) is 60.8 Å². The third kappa shape index (κ3) is 8.54. The predicted molar refractivity (Wildman–Crippen MR) is 299 cm³/mol. The molecule has 9 heteroatoms. The van der Waals surface area contributed by atoms with Crippen LogP contribution in [0.5, 0.6) is 0 Å². The van der Waals surface area contributed by atoms with E-state index in [9.17, 15) is 5.26 Å². The van der Waals surface area contributed by atoms with Crippen molar-refractivity contribution in [2.75, 3.05) is 0 Å². The van der Waals surface area contributed by atoms with Crippen molar-refractivity contribution in [2.45, 2.75) is 0 Å². The van der Waals surface area contributed by atoms with Crippen LogP contribution in [-0.4, -0.2) is 39.5 Å². The molecule has 13 rings (SSSR count). The second-order valence-electron chi connectivity index (χ2n) is 18.0. The van der Waals surface area contributed by atoms with Crippen LogP contribution in [0.25, 0.3) is 129 Å². The number of nitrogens with zero attached hydrogens (tertiary/aromatic N) is 9. The summed E-state index contributed by atoms with van der Waals surface area (Å²) in [5, 5.41) is 13.1. The molecule has 0 atom stereocenters. The van der Waals surface area contributed by atoms with E-state index in [4.69, 9.17) is 34.9 Å². The maximum Gasteiger partial charge on any atom is 0.164 e. The highest BCUT2D eigenvalue weighted by Crippen LogP contribution is 2.44. The van der Waals surface area contributed by atoms with Gasteiger partial charge in [0.25, 0.3) is 0 Å². The number of hydrogen-bond acceptors (Lipinski definition) is 8. The summed E-state index contributed by atoms with van der Waals surface area (Å²) in [6, 6.07) is 85.5. The number of benzene rings is 9. The Hall–Kier alpha value is -10.6. The molecule has 0 N–H and O–H groups in total. The Morgan fingerprint density at radius 3 is 1.05 bits per heavy atom. The zero-order chi connectivity index (χ0) is 50.1. The second-order valence-corrected chi connectivity index (χ2v) is 18.0. The molecule has 0 aliphatic carbocycles. The molecule has 0 aliphatic rings. The molecule has 0 spiro atoms. The highest BCUT2D eigenvalue weighted by Gasteiger charge is 2.26. The molecule has 0 radical (unpaired) electrons. The van der Waals surface area contributed by atoms with Crippen molar-refractivity contribution in [1.82, 2.24) is 39.5 Å². The Morgan fingerprint density at radius 2 is 0.627 bits per heavy atom. The van der Waals surface area contributed by atoms with E-state index < -0.39 is 0 Å². The molecule has 350 valence electrons. The van der Waals surface area contributed by atoms with Crippen molar-refractivity contribution in [2.24, 2.45) is 0 Å². The molecule has 0 saturated carbocycles. The second kappa shape index (κ2) is 19.2. The Kier molecular flexibility index (Phi) is 11.4. The lowest BCUT2D eigenvalue weighted by molar-refractivity contribution is 1.07. The minimum absolute atomic E-state index is 0.430. The van der Waals surface area contributed by atoms with Crippen molar-refractivity contribution in [3.8, 4) is 114 Å². The largest absolute Gasteiger partial charge is 0.308 e. The molecule has 9 aromatic carbocycles. The molecule has 0 aliphatic heterocycles. The molecule has 4 aromatic heterocycles. The van der Waals surface area contributed by atoms with Crippen LogP contribution in [-0.2, 0) is 0 Å². The molecule has 0 bridgehead atoms. The first-order valence-corrected chi connectivity index (χ1v) is 24.6. The van der Waals surface area contributed by atoms with Crippen LogP contribution in [0.2, 0.25) is 0 Å². The van der Waals surface area contributed by atoms with Gasteiger partial charge in [-0.1, -0.05) is 212 Å². The molecule has 4 heterocycles. The summed E-state index contributed by atoms with van der Waals surface area (Å²) in [6.07, 6.45) is 0. The number of para-hydroxylation sites is 1. The summed E-state index contributed by atoms with van der Waals surface area (Å²) in [6.45, 7) is 0. The molecule has 9 nitrogen and oxygen atoms in total. The first-order chi connectivity index (χ1) is 37.1. The highest BCUT2D eigenvalue weighted by atomic mass is 15.0. The number of aromatic nitrogens is 8. The maximum absolute atomic E-state index is 11.1. The average Bonchev–Trinajstić information content (AvgIpc) is 3.84. The molecule has 0 saturated heterocycles. The molecule has 0 fully saturated rings. The summed E-state index contributed by atoms with van der Waals surface area (Å²) in [7, 11) is 0. The summed E-state index contributed by atoms with van der Waals surface area (Å²) < 4.78 is 2.29. The Balaban J connectivity index is 1.15. The van der Waals surface area contributed by atoms with E-state index in [0.29, 0.717) is 57.2 Å². The summed E-state index contributed by atoms with van der Waals surface area (Å²) in [5.41, 5.74) is 13.2. The van der Waals surface area contributed by atoms with Gasteiger partial charge < -0.3 is 4.57 Å². The van der Waals surface area contributed by atoms with E-state index in [1.54, 1.807) is 0 Å². The van der Waals surface area contributed by atoms with E-state index >= 15 is 0 Å². The van der Waals surface area contributed by atoms with Gasteiger partial charge in [-0.05, 0) is 36.4 Å². The number of nitriles is 1. The van der Waals surface area contributed by atoms with Gasteiger partial charge in [0.2, 0.25) is 0 Å². The van der Waals surface area contributed by atoms with Crippen LogP contribution in [0.15, 0.2) is 249 Å². The van der Waals surface area contributed by atoms with Gasteiger partial charge in [0.15, 0.2) is 29.1 Å². The van der Waals surface area contributed by atoms with Gasteiger partial charge >= 0.3 is 0 Å². The van der Waals surface area contributed by atoms with Gasteiger partial charge in [-0.2, -0.15) is 5.26 Å². The van der Waals surface area contributed by atoms with Gasteiger partial charge in [-0.3, -0.25) is 0 Å². The van der Waals surface area contributed by atoms with Crippen molar-refractivity contribution in [3.05, 3.63) is 254 Å². The lowest BCUT2D eigenvalue weighted by Gasteiger charge is -2.20. The van der Waals surface area contributed by atoms with Crippen LogP contribution in [0.3, 0.4) is 0 Å². The van der Waals surface area contributed by atoms with Crippen LogP contribution in [0.1, 0.15) is 5.56 Å². The van der Waals surface area contributed by atoms with Crippen molar-refractivity contribution in [1.29, 1.82) is 5.26 Å². The predicted octanol–water partition coefficient (Wildman–Crippen LogP) is 15.4. The summed E-state index contributed by atoms with van der Waals surface area (Å²) >= 11 is 0. The molecule has 13 aromatic rings. The number of rotatable bonds is 10. The first-order valence-electron chi connectivity index (χ1n) is 24.6. The standard InChI is InChI=1S/C66H41N9/c67-42-43-37-53(57-40-55(44-21-7-1-8-22-44)68-62(70-57)46-25-11-3-12-26-46)61(54(38-43)58-41-56(45-23-9-2-10-24-45)69-63(71-58)47-27-13-4-14-28-47)75-59-34-20-19-33-51(59)52-36-35-50(39-60(52)75)66-73-64(48-29-15-5-16-30-48)72-65(74-66)49-31-17-6-18-32-49/h1-41H. The van der Waals surface area contributed by atoms with E-state index in [2.05, 4.69) is 77.4 Å². The third-order valence-electron chi connectivity index (χ3n) is 13.3. The van der Waals surface area contributed by atoms with Crippen molar-refractivity contribution < 1.29 is 0 Å². The van der Waals surface area contributed by atoms with Crippen molar-refractivity contribution >= 4 is 21.8 Å². The smallest absolute Gasteiger partial charge is 0.164 e. The van der Waals surface area contributed by atoms with Crippen LogP contribution in [0.4, 0.5) is 0 Å². The van der Waals surface area contributed by atoms with E-state index in [1.165, 1.54) is 0 Å². The molecule has 0 amide bonds. The van der Waals surface area contributed by atoms with Gasteiger partial charge in [0.05, 0.1) is 51.1 Å². The van der Waals surface area contributed by atoms with Crippen LogP contribution in [0, 0.1) is 11.3 Å². The van der Waals surface area contributed by atoms with E-state index in [0.717, 1.165) is 77.8 Å². The van der Waals surface area contributed by atoms with E-state index in [-0.39, 0.29) is 0 Å². The molecular formula is C66H41N9. The zero-order valence-corrected chi connectivity index (χ0v) is 40.2. The fourth-order valence-corrected chi connectivity index (χ4v) is 9.74. The molecule has 0 unspecified atom stereocenters. The Labute approximate surface area is 432 Å². The topological polar surface area (TPSA) is 119 Å². The lowest BCUT2D eigenvalue weighted by Crippen LogP contribution is -2.06. The maximum atomic E-state index is 11.1. The van der Waals surface area contributed by atoms with Gasteiger partial charge in [-0.15, -0.1) is 0 Å². The monoisotopic (exact) mass is 959 g/mol. The van der Waals surface area contributed by atoms with Gasteiger partial charge in [0.1, 0.15) is 0 Å². The highest BCUT2D eigenvalue weighted by molar-refractivity contribution is 6.11. The molecular weight excluding hydrogens is 919 g/mol. The zero-order valence-electron chi connectivity index (χ0n) is 40.2. The van der Waals surface area contributed by atoms with Gasteiger partial charge in [-0.25, -0.2) is 34.9 Å². The lowest BCUT2D eigenvalue weighted by atomic mass is 9.95. The van der Waals surface area contributed by atoms with Crippen molar-refractivity contribution in [3.63, 3.8) is 0 Å². The Bertz CT molecular complexity index is 3950. The Morgan fingerprint density at radius 1 is 0.280 bits per heavy atom. The fraction of sp³-hybridized carbons (Fsp3) is 0. The van der Waals surface area contributed by atoms with E-state index in [1.807, 2.05) is 182 Å². The minimum atomic E-state index is 0.430. The summed E-state index contributed by atoms with van der Waals surface area (Å²) in [5.74, 6) is 2.74.